The van der Waals surface area contributed by atoms with Gasteiger partial charge in [-0.2, -0.15) is 5.10 Å². The van der Waals surface area contributed by atoms with Gasteiger partial charge in [0, 0.05) is 24.3 Å². The van der Waals surface area contributed by atoms with Crippen LogP contribution in [0.3, 0.4) is 0 Å². The molecule has 0 aliphatic rings. The molecule has 2 rings (SSSR count). The Bertz CT molecular complexity index is 589. The Labute approximate surface area is 126 Å². The lowest BCUT2D eigenvalue weighted by Crippen LogP contribution is -2.29. The lowest BCUT2D eigenvalue weighted by molar-refractivity contribution is 0.414. The zero-order chi connectivity index (χ0) is 15.4. The van der Waals surface area contributed by atoms with Crippen LogP contribution in [0.25, 0.3) is 0 Å². The average molecular weight is 288 g/mol. The van der Waals surface area contributed by atoms with Crippen molar-refractivity contribution in [2.24, 2.45) is 12.9 Å². The Kier molecular flexibility index (Phi) is 4.98. The normalized spacial score (nSPS) is 12.4. The van der Waals surface area contributed by atoms with Gasteiger partial charge in [0.1, 0.15) is 5.75 Å². The minimum absolute atomic E-state index is 0.112. The van der Waals surface area contributed by atoms with Crippen LogP contribution in [-0.4, -0.2) is 16.9 Å². The van der Waals surface area contributed by atoms with Crippen molar-refractivity contribution in [3.8, 4) is 5.75 Å². The third kappa shape index (κ3) is 3.43. The van der Waals surface area contributed by atoms with Crippen molar-refractivity contribution in [2.45, 2.75) is 32.7 Å². The maximum absolute atomic E-state index is 5.75. The Morgan fingerprint density at radius 3 is 2.43 bits per heavy atom. The second kappa shape index (κ2) is 6.74. The van der Waals surface area contributed by atoms with Gasteiger partial charge < -0.3 is 4.74 Å². The van der Waals surface area contributed by atoms with Crippen LogP contribution in [0.5, 0.6) is 5.75 Å². The second-order valence-corrected chi connectivity index (χ2v) is 5.31. The standard InChI is InChI=1S/C16H24N4O/c1-11-16(12(2)20(3)19-11)15(18-17)10-7-13-5-8-14(21-4)9-6-13/h5-6,8-9,15,18H,7,10,17H2,1-4H3. The molecule has 21 heavy (non-hydrogen) atoms. The zero-order valence-electron chi connectivity index (χ0n) is 13.2. The Morgan fingerprint density at radius 2 is 1.95 bits per heavy atom. The molecule has 1 aromatic carbocycles. The van der Waals surface area contributed by atoms with Crippen LogP contribution >= 0.6 is 0 Å². The molecular formula is C16H24N4O. The van der Waals surface area contributed by atoms with Gasteiger partial charge in [-0.15, -0.1) is 0 Å². The molecule has 2 aromatic rings. The van der Waals surface area contributed by atoms with Crippen molar-refractivity contribution in [2.75, 3.05) is 7.11 Å². The molecule has 0 aliphatic carbocycles. The van der Waals surface area contributed by atoms with E-state index in [2.05, 4.69) is 29.6 Å². The van der Waals surface area contributed by atoms with Crippen molar-refractivity contribution in [3.05, 3.63) is 46.8 Å². The highest BCUT2D eigenvalue weighted by atomic mass is 16.5. The van der Waals surface area contributed by atoms with E-state index in [1.165, 1.54) is 11.1 Å². The first-order valence-corrected chi connectivity index (χ1v) is 7.16. The molecule has 0 spiro atoms. The van der Waals surface area contributed by atoms with E-state index in [9.17, 15) is 0 Å². The van der Waals surface area contributed by atoms with Gasteiger partial charge in [-0.05, 0) is 44.4 Å². The fourth-order valence-electron chi connectivity index (χ4n) is 2.71. The maximum atomic E-state index is 5.75. The summed E-state index contributed by atoms with van der Waals surface area (Å²) in [5.41, 5.74) is 7.60. The molecule has 0 amide bonds. The van der Waals surface area contributed by atoms with E-state index in [0.29, 0.717) is 0 Å². The van der Waals surface area contributed by atoms with Crippen LogP contribution < -0.4 is 16.0 Å². The summed E-state index contributed by atoms with van der Waals surface area (Å²) in [6, 6.07) is 8.27. The molecule has 0 fully saturated rings. The van der Waals surface area contributed by atoms with Crippen LogP contribution in [0.1, 0.15) is 35.0 Å². The van der Waals surface area contributed by atoms with E-state index in [4.69, 9.17) is 10.6 Å². The van der Waals surface area contributed by atoms with Gasteiger partial charge in [0.05, 0.1) is 12.8 Å². The third-order valence-electron chi connectivity index (χ3n) is 4.00. The number of aromatic nitrogens is 2. The van der Waals surface area contributed by atoms with E-state index in [1.54, 1.807) is 7.11 Å². The number of rotatable bonds is 6. The largest absolute Gasteiger partial charge is 0.497 e. The van der Waals surface area contributed by atoms with Crippen molar-refractivity contribution in [1.29, 1.82) is 0 Å². The van der Waals surface area contributed by atoms with Crippen molar-refractivity contribution in [3.63, 3.8) is 0 Å². The zero-order valence-corrected chi connectivity index (χ0v) is 13.2. The van der Waals surface area contributed by atoms with Gasteiger partial charge in [-0.25, -0.2) is 0 Å². The topological polar surface area (TPSA) is 65.1 Å². The number of nitrogens with one attached hydrogen (secondary N) is 1. The monoisotopic (exact) mass is 288 g/mol. The summed E-state index contributed by atoms with van der Waals surface area (Å²) >= 11 is 0. The highest BCUT2D eigenvalue weighted by Crippen LogP contribution is 2.25. The summed E-state index contributed by atoms with van der Waals surface area (Å²) in [5, 5.41) is 4.46. The molecule has 0 bridgehead atoms. The number of nitrogens with two attached hydrogens (primary N) is 1. The molecule has 0 saturated carbocycles. The molecule has 5 nitrogen and oxygen atoms in total. The summed E-state index contributed by atoms with van der Waals surface area (Å²) in [4.78, 5) is 0. The van der Waals surface area contributed by atoms with E-state index in [0.717, 1.165) is 30.0 Å². The van der Waals surface area contributed by atoms with Gasteiger partial charge in [0.25, 0.3) is 0 Å². The minimum atomic E-state index is 0.112. The number of ether oxygens (including phenoxy) is 1. The molecule has 0 aliphatic heterocycles. The highest BCUT2D eigenvalue weighted by Gasteiger charge is 2.18. The van der Waals surface area contributed by atoms with Crippen LogP contribution in [0.15, 0.2) is 24.3 Å². The van der Waals surface area contributed by atoms with Crippen LogP contribution in [0, 0.1) is 13.8 Å². The fraction of sp³-hybridized carbons (Fsp3) is 0.438. The molecule has 1 unspecified atom stereocenters. The minimum Gasteiger partial charge on any atom is -0.497 e. The highest BCUT2D eigenvalue weighted by molar-refractivity contribution is 5.30. The Morgan fingerprint density at radius 1 is 1.29 bits per heavy atom. The molecule has 1 aromatic heterocycles. The van der Waals surface area contributed by atoms with Crippen molar-refractivity contribution < 1.29 is 4.74 Å². The molecule has 0 radical (unpaired) electrons. The molecular weight excluding hydrogens is 264 g/mol. The van der Waals surface area contributed by atoms with Crippen molar-refractivity contribution >= 4 is 0 Å². The van der Waals surface area contributed by atoms with Gasteiger partial charge in [0.2, 0.25) is 0 Å². The summed E-state index contributed by atoms with van der Waals surface area (Å²) in [6.07, 6.45) is 1.88. The van der Waals surface area contributed by atoms with Crippen LogP contribution in [0.4, 0.5) is 0 Å². The van der Waals surface area contributed by atoms with Crippen molar-refractivity contribution in [1.82, 2.24) is 15.2 Å². The lowest BCUT2D eigenvalue weighted by Gasteiger charge is -2.17. The van der Waals surface area contributed by atoms with E-state index >= 15 is 0 Å². The maximum Gasteiger partial charge on any atom is 0.118 e. The van der Waals surface area contributed by atoms with Crippen LogP contribution in [0.2, 0.25) is 0 Å². The number of aryl methyl sites for hydroxylation is 3. The number of nitrogens with zero attached hydrogens (tertiary/aromatic N) is 2. The first-order valence-electron chi connectivity index (χ1n) is 7.16. The van der Waals surface area contributed by atoms with Gasteiger partial charge in [-0.3, -0.25) is 16.0 Å². The summed E-state index contributed by atoms with van der Waals surface area (Å²) in [7, 11) is 3.64. The van der Waals surface area contributed by atoms with Gasteiger partial charge in [-0.1, -0.05) is 12.1 Å². The molecule has 1 heterocycles. The quantitative estimate of drug-likeness (QED) is 0.631. The second-order valence-electron chi connectivity index (χ2n) is 5.31. The van der Waals surface area contributed by atoms with E-state index < -0.39 is 0 Å². The van der Waals surface area contributed by atoms with Gasteiger partial charge in [0.15, 0.2) is 0 Å². The summed E-state index contributed by atoms with van der Waals surface area (Å²) in [6.45, 7) is 4.10. The lowest BCUT2D eigenvalue weighted by atomic mass is 9.98. The van der Waals surface area contributed by atoms with Gasteiger partial charge >= 0.3 is 0 Å². The molecule has 5 heteroatoms. The molecule has 114 valence electrons. The number of benzene rings is 1. The SMILES string of the molecule is COc1ccc(CCC(NN)c2c(C)nn(C)c2C)cc1. The summed E-state index contributed by atoms with van der Waals surface area (Å²) in [5.74, 6) is 6.64. The molecule has 0 saturated heterocycles. The first-order chi connectivity index (χ1) is 10.1. The number of methoxy groups -OCH3 is 1. The Hall–Kier alpha value is -1.85. The predicted octanol–water partition coefficient (Wildman–Crippen LogP) is 2.18. The third-order valence-corrected chi connectivity index (χ3v) is 4.00. The average Bonchev–Trinajstić information content (AvgIpc) is 2.75. The molecule has 3 N–H and O–H groups in total. The van der Waals surface area contributed by atoms with Crippen LogP contribution in [-0.2, 0) is 13.5 Å². The molecule has 1 atom stereocenters. The number of hydrazine groups is 1. The van der Waals surface area contributed by atoms with E-state index in [-0.39, 0.29) is 6.04 Å². The predicted molar refractivity (Wildman–Crippen MR) is 84.1 cm³/mol. The fourth-order valence-corrected chi connectivity index (χ4v) is 2.71. The first kappa shape index (κ1) is 15.5. The summed E-state index contributed by atoms with van der Waals surface area (Å²) < 4.78 is 7.08. The Balaban J connectivity index is 2.08. The number of hydrogen-bond donors (Lipinski definition) is 2. The smallest absolute Gasteiger partial charge is 0.118 e. The number of hydrogen-bond acceptors (Lipinski definition) is 4. The van der Waals surface area contributed by atoms with E-state index in [1.807, 2.05) is 30.8 Å².